The maximum atomic E-state index is 13.6. The zero-order chi connectivity index (χ0) is 19.2. The van der Waals surface area contributed by atoms with Gasteiger partial charge in [-0.05, 0) is 49.2 Å². The monoisotopic (exact) mass is 368 g/mol. The fourth-order valence-electron chi connectivity index (χ4n) is 2.54. The topological polar surface area (TPSA) is 66.9 Å². The van der Waals surface area contributed by atoms with Gasteiger partial charge in [-0.2, -0.15) is 0 Å². The SMILES string of the molecule is Cc1cc(C(=O)Nc2cccc(F)c2)nc(NCCc2ccccc2F)n1. The molecule has 0 aliphatic carbocycles. The lowest BCUT2D eigenvalue weighted by molar-refractivity contribution is 0.102. The van der Waals surface area contributed by atoms with Crippen molar-refractivity contribution in [3.63, 3.8) is 0 Å². The lowest BCUT2D eigenvalue weighted by Gasteiger charge is -2.09. The molecule has 1 heterocycles. The summed E-state index contributed by atoms with van der Waals surface area (Å²) in [5, 5.41) is 5.60. The maximum Gasteiger partial charge on any atom is 0.274 e. The zero-order valence-electron chi connectivity index (χ0n) is 14.7. The zero-order valence-corrected chi connectivity index (χ0v) is 14.7. The van der Waals surface area contributed by atoms with E-state index in [0.717, 1.165) is 0 Å². The Labute approximate surface area is 155 Å². The Kier molecular flexibility index (Phi) is 5.71. The van der Waals surface area contributed by atoms with Crippen molar-refractivity contribution in [1.82, 2.24) is 9.97 Å². The molecule has 3 rings (SSSR count). The first-order valence-electron chi connectivity index (χ1n) is 8.41. The van der Waals surface area contributed by atoms with Gasteiger partial charge in [0, 0.05) is 17.9 Å². The molecule has 3 aromatic rings. The number of benzene rings is 2. The molecule has 7 heteroatoms. The highest BCUT2D eigenvalue weighted by Gasteiger charge is 2.11. The summed E-state index contributed by atoms with van der Waals surface area (Å²) in [6.45, 7) is 2.15. The van der Waals surface area contributed by atoms with Crippen molar-refractivity contribution >= 4 is 17.5 Å². The van der Waals surface area contributed by atoms with E-state index in [-0.39, 0.29) is 17.5 Å². The molecular weight excluding hydrogens is 350 g/mol. The number of anilines is 2. The van der Waals surface area contributed by atoms with Gasteiger partial charge in [0.2, 0.25) is 5.95 Å². The summed E-state index contributed by atoms with van der Waals surface area (Å²) in [5.41, 5.74) is 1.68. The average Bonchev–Trinajstić information content (AvgIpc) is 2.63. The van der Waals surface area contributed by atoms with Crippen molar-refractivity contribution in [2.24, 2.45) is 0 Å². The van der Waals surface area contributed by atoms with Gasteiger partial charge in [-0.25, -0.2) is 18.7 Å². The highest BCUT2D eigenvalue weighted by Crippen LogP contribution is 2.12. The second kappa shape index (κ2) is 8.35. The standard InChI is InChI=1S/C20H18F2N4O/c1-13-11-18(19(27)25-16-7-4-6-15(21)12-16)26-20(24-13)23-10-9-14-5-2-3-8-17(14)22/h2-8,11-12H,9-10H2,1H3,(H,25,27)(H,23,24,26). The Balaban J connectivity index is 1.66. The van der Waals surface area contributed by atoms with Crippen LogP contribution in [0.25, 0.3) is 0 Å². The first kappa shape index (κ1) is 18.4. The number of hydrogen-bond acceptors (Lipinski definition) is 4. The number of nitrogens with zero attached hydrogens (tertiary/aromatic N) is 2. The van der Waals surface area contributed by atoms with E-state index in [9.17, 15) is 13.6 Å². The van der Waals surface area contributed by atoms with E-state index < -0.39 is 11.7 Å². The number of hydrogen-bond donors (Lipinski definition) is 2. The van der Waals surface area contributed by atoms with Crippen molar-refractivity contribution in [3.8, 4) is 0 Å². The van der Waals surface area contributed by atoms with E-state index in [2.05, 4.69) is 20.6 Å². The van der Waals surface area contributed by atoms with Crippen molar-refractivity contribution in [3.05, 3.63) is 83.2 Å². The van der Waals surface area contributed by atoms with Gasteiger partial charge in [-0.1, -0.05) is 24.3 Å². The summed E-state index contributed by atoms with van der Waals surface area (Å²) in [6, 6.07) is 13.7. The minimum atomic E-state index is -0.469. The largest absolute Gasteiger partial charge is 0.354 e. The van der Waals surface area contributed by atoms with Gasteiger partial charge in [-0.15, -0.1) is 0 Å². The number of amides is 1. The molecule has 0 unspecified atom stereocenters. The Morgan fingerprint density at radius 2 is 1.85 bits per heavy atom. The fraction of sp³-hybridized carbons (Fsp3) is 0.150. The van der Waals surface area contributed by atoms with Crippen LogP contribution in [0.5, 0.6) is 0 Å². The predicted molar refractivity (Wildman–Crippen MR) is 99.7 cm³/mol. The molecule has 0 aliphatic rings. The first-order valence-corrected chi connectivity index (χ1v) is 8.41. The summed E-state index contributed by atoms with van der Waals surface area (Å²) < 4.78 is 26.9. The summed E-state index contributed by atoms with van der Waals surface area (Å²) in [6.07, 6.45) is 0.453. The quantitative estimate of drug-likeness (QED) is 0.691. The van der Waals surface area contributed by atoms with Gasteiger partial charge >= 0.3 is 0 Å². The third-order valence-electron chi connectivity index (χ3n) is 3.80. The van der Waals surface area contributed by atoms with Crippen LogP contribution in [0, 0.1) is 18.6 Å². The molecule has 0 saturated carbocycles. The van der Waals surface area contributed by atoms with Crippen LogP contribution in [-0.4, -0.2) is 22.4 Å². The van der Waals surface area contributed by atoms with E-state index in [1.807, 2.05) is 0 Å². The number of halogens is 2. The van der Waals surface area contributed by atoms with E-state index in [1.54, 1.807) is 31.2 Å². The minimum absolute atomic E-state index is 0.153. The molecule has 0 aliphatic heterocycles. The molecule has 2 aromatic carbocycles. The highest BCUT2D eigenvalue weighted by atomic mass is 19.1. The molecular formula is C20H18F2N4O. The number of rotatable bonds is 6. The third kappa shape index (κ3) is 5.07. The Bertz CT molecular complexity index is 962. The van der Waals surface area contributed by atoms with Gasteiger partial charge in [-0.3, -0.25) is 4.79 Å². The average molecular weight is 368 g/mol. The van der Waals surface area contributed by atoms with Crippen molar-refractivity contribution in [2.75, 3.05) is 17.2 Å². The van der Waals surface area contributed by atoms with Crippen LogP contribution >= 0.6 is 0 Å². The molecule has 27 heavy (non-hydrogen) atoms. The molecule has 0 radical (unpaired) electrons. The molecule has 138 valence electrons. The van der Waals surface area contributed by atoms with E-state index in [1.165, 1.54) is 30.3 Å². The molecule has 0 saturated heterocycles. The van der Waals surface area contributed by atoms with Gasteiger partial charge in [0.05, 0.1) is 0 Å². The number of carbonyl (C=O) groups is 1. The second-order valence-electron chi connectivity index (χ2n) is 5.95. The minimum Gasteiger partial charge on any atom is -0.354 e. The third-order valence-corrected chi connectivity index (χ3v) is 3.80. The van der Waals surface area contributed by atoms with E-state index in [0.29, 0.717) is 29.9 Å². The Morgan fingerprint density at radius 1 is 1.04 bits per heavy atom. The predicted octanol–water partition coefficient (Wildman–Crippen LogP) is 3.97. The normalized spacial score (nSPS) is 10.5. The van der Waals surface area contributed by atoms with E-state index >= 15 is 0 Å². The summed E-state index contributed by atoms with van der Waals surface area (Å²) in [5.74, 6) is -0.902. The number of carbonyl (C=O) groups excluding carboxylic acids is 1. The lowest BCUT2D eigenvalue weighted by atomic mass is 10.1. The van der Waals surface area contributed by atoms with Crippen LogP contribution < -0.4 is 10.6 Å². The summed E-state index contributed by atoms with van der Waals surface area (Å²) in [7, 11) is 0. The smallest absolute Gasteiger partial charge is 0.274 e. The number of nitrogens with one attached hydrogen (secondary N) is 2. The van der Waals surface area contributed by atoms with Gasteiger partial charge in [0.15, 0.2) is 0 Å². The molecule has 1 amide bonds. The molecule has 5 nitrogen and oxygen atoms in total. The molecule has 0 fully saturated rings. The Hall–Kier alpha value is -3.35. The van der Waals surface area contributed by atoms with Crippen LogP contribution in [0.15, 0.2) is 54.6 Å². The molecule has 0 atom stereocenters. The first-order chi connectivity index (χ1) is 13.0. The lowest BCUT2D eigenvalue weighted by Crippen LogP contribution is -2.17. The van der Waals surface area contributed by atoms with Crippen LogP contribution in [0.2, 0.25) is 0 Å². The van der Waals surface area contributed by atoms with E-state index in [4.69, 9.17) is 0 Å². The fourth-order valence-corrected chi connectivity index (χ4v) is 2.54. The van der Waals surface area contributed by atoms with Crippen LogP contribution in [0.3, 0.4) is 0 Å². The second-order valence-corrected chi connectivity index (χ2v) is 5.95. The molecule has 1 aromatic heterocycles. The molecule has 0 bridgehead atoms. The maximum absolute atomic E-state index is 13.6. The highest BCUT2D eigenvalue weighted by molar-refractivity contribution is 6.03. The summed E-state index contributed by atoms with van der Waals surface area (Å²) in [4.78, 5) is 20.8. The van der Waals surface area contributed by atoms with Crippen molar-refractivity contribution in [1.29, 1.82) is 0 Å². The number of aryl methyl sites for hydroxylation is 1. The van der Waals surface area contributed by atoms with Gasteiger partial charge in [0.25, 0.3) is 5.91 Å². The van der Waals surface area contributed by atoms with Crippen molar-refractivity contribution < 1.29 is 13.6 Å². The molecule has 0 spiro atoms. The van der Waals surface area contributed by atoms with Crippen molar-refractivity contribution in [2.45, 2.75) is 13.3 Å². The molecule has 2 N–H and O–H groups in total. The van der Waals surface area contributed by atoms with Gasteiger partial charge < -0.3 is 10.6 Å². The van der Waals surface area contributed by atoms with Crippen LogP contribution in [0.4, 0.5) is 20.4 Å². The van der Waals surface area contributed by atoms with Crippen LogP contribution in [-0.2, 0) is 6.42 Å². The number of aromatic nitrogens is 2. The van der Waals surface area contributed by atoms with Crippen LogP contribution in [0.1, 0.15) is 21.7 Å². The Morgan fingerprint density at radius 3 is 2.63 bits per heavy atom. The van der Waals surface area contributed by atoms with Gasteiger partial charge in [0.1, 0.15) is 17.3 Å². The summed E-state index contributed by atoms with van der Waals surface area (Å²) >= 11 is 0.